The largest absolute Gasteiger partial charge is 0.481 e. The Morgan fingerprint density at radius 2 is 2.25 bits per heavy atom. The van der Waals surface area contributed by atoms with Gasteiger partial charge in [0.2, 0.25) is 0 Å². The summed E-state index contributed by atoms with van der Waals surface area (Å²) >= 11 is 6.36. The number of hydrogen-bond acceptors (Lipinski definition) is 4. The smallest absolute Gasteiger partial charge is 0.313 e. The van der Waals surface area contributed by atoms with Crippen LogP contribution in [0.4, 0.5) is 0 Å². The Kier molecular flexibility index (Phi) is 3.41. The number of thiazole rings is 1. The molecule has 0 fully saturated rings. The highest BCUT2D eigenvalue weighted by atomic mass is 79.9. The number of thiophene rings is 1. The first kappa shape index (κ1) is 11.8. The maximum Gasteiger partial charge on any atom is 0.313 e. The van der Waals surface area contributed by atoms with Crippen LogP contribution >= 0.6 is 38.6 Å². The molecule has 2 rings (SSSR count). The van der Waals surface area contributed by atoms with E-state index in [1.807, 2.05) is 16.8 Å². The second-order valence-electron chi connectivity index (χ2n) is 3.26. The standard InChI is InChI=1S/C10H8BrNO2S2/c1-5(10(13)14)9-12-7(4-16-9)8-2-6(11)3-15-8/h2-5H,1H3,(H,13,14). The molecule has 0 radical (unpaired) electrons. The number of rotatable bonds is 3. The van der Waals surface area contributed by atoms with Crippen LogP contribution in [0.2, 0.25) is 0 Å². The Hall–Kier alpha value is -0.720. The first-order valence-electron chi connectivity index (χ1n) is 4.50. The molecule has 16 heavy (non-hydrogen) atoms. The molecular weight excluding hydrogens is 310 g/mol. The van der Waals surface area contributed by atoms with Crippen molar-refractivity contribution in [1.29, 1.82) is 0 Å². The van der Waals surface area contributed by atoms with E-state index in [4.69, 9.17) is 5.11 Å². The molecule has 1 atom stereocenters. The van der Waals surface area contributed by atoms with E-state index in [0.717, 1.165) is 15.0 Å². The van der Waals surface area contributed by atoms with Crippen LogP contribution in [0.1, 0.15) is 17.8 Å². The average Bonchev–Trinajstić information content (AvgIpc) is 2.84. The van der Waals surface area contributed by atoms with E-state index in [2.05, 4.69) is 20.9 Å². The molecule has 0 aliphatic rings. The number of nitrogens with zero attached hydrogens (tertiary/aromatic N) is 1. The van der Waals surface area contributed by atoms with Crippen molar-refractivity contribution in [2.75, 3.05) is 0 Å². The summed E-state index contributed by atoms with van der Waals surface area (Å²) in [5, 5.41) is 13.4. The van der Waals surface area contributed by atoms with Crippen molar-refractivity contribution in [2.24, 2.45) is 0 Å². The maximum atomic E-state index is 10.8. The zero-order chi connectivity index (χ0) is 11.7. The van der Waals surface area contributed by atoms with Gasteiger partial charge in [-0.25, -0.2) is 4.98 Å². The van der Waals surface area contributed by atoms with E-state index in [1.165, 1.54) is 11.3 Å². The van der Waals surface area contributed by atoms with Crippen molar-refractivity contribution in [2.45, 2.75) is 12.8 Å². The van der Waals surface area contributed by atoms with Crippen LogP contribution in [0.15, 0.2) is 21.3 Å². The normalized spacial score (nSPS) is 12.6. The van der Waals surface area contributed by atoms with Gasteiger partial charge in [0.05, 0.1) is 10.6 Å². The van der Waals surface area contributed by atoms with Crippen LogP contribution in [-0.4, -0.2) is 16.1 Å². The van der Waals surface area contributed by atoms with Gasteiger partial charge < -0.3 is 5.11 Å². The van der Waals surface area contributed by atoms with Gasteiger partial charge in [0.25, 0.3) is 0 Å². The van der Waals surface area contributed by atoms with Crippen LogP contribution in [0.3, 0.4) is 0 Å². The molecule has 0 spiro atoms. The summed E-state index contributed by atoms with van der Waals surface area (Å²) in [6.07, 6.45) is 0. The van der Waals surface area contributed by atoms with Crippen molar-refractivity contribution in [1.82, 2.24) is 4.98 Å². The number of carbonyl (C=O) groups is 1. The maximum absolute atomic E-state index is 10.8. The Morgan fingerprint density at radius 3 is 2.81 bits per heavy atom. The zero-order valence-electron chi connectivity index (χ0n) is 8.31. The number of carboxylic acid groups (broad SMARTS) is 1. The molecule has 2 aromatic heterocycles. The molecule has 2 heterocycles. The Balaban J connectivity index is 2.29. The minimum atomic E-state index is -0.840. The third-order valence-corrected chi connectivity index (χ3v) is 4.82. The number of aliphatic carboxylic acids is 1. The van der Waals surface area contributed by atoms with Crippen molar-refractivity contribution in [3.05, 3.63) is 26.3 Å². The molecular formula is C10H8BrNO2S2. The molecule has 84 valence electrons. The molecule has 2 aromatic rings. The van der Waals surface area contributed by atoms with Gasteiger partial charge in [0, 0.05) is 15.2 Å². The Labute approximate surface area is 109 Å². The first-order valence-corrected chi connectivity index (χ1v) is 7.06. The van der Waals surface area contributed by atoms with Crippen molar-refractivity contribution in [3.63, 3.8) is 0 Å². The lowest BCUT2D eigenvalue weighted by atomic mass is 10.2. The minimum absolute atomic E-state index is 0.540. The predicted molar refractivity (Wildman–Crippen MR) is 69.2 cm³/mol. The second kappa shape index (κ2) is 4.65. The van der Waals surface area contributed by atoms with Gasteiger partial charge in [-0.2, -0.15) is 0 Å². The van der Waals surface area contributed by atoms with E-state index in [0.29, 0.717) is 5.01 Å². The molecule has 3 nitrogen and oxygen atoms in total. The van der Waals surface area contributed by atoms with Gasteiger partial charge in [-0.05, 0) is 28.9 Å². The summed E-state index contributed by atoms with van der Waals surface area (Å²) in [6.45, 7) is 1.65. The number of carboxylic acids is 1. The molecule has 6 heteroatoms. The van der Waals surface area contributed by atoms with Gasteiger partial charge in [-0.15, -0.1) is 22.7 Å². The van der Waals surface area contributed by atoms with E-state index < -0.39 is 11.9 Å². The molecule has 1 N–H and O–H groups in total. The summed E-state index contributed by atoms with van der Waals surface area (Å²) in [5.41, 5.74) is 0.851. The van der Waals surface area contributed by atoms with Gasteiger partial charge in [-0.3, -0.25) is 4.79 Å². The van der Waals surface area contributed by atoms with Gasteiger partial charge in [0.15, 0.2) is 0 Å². The fraction of sp³-hybridized carbons (Fsp3) is 0.200. The van der Waals surface area contributed by atoms with E-state index in [9.17, 15) is 4.79 Å². The lowest BCUT2D eigenvalue weighted by molar-refractivity contribution is -0.138. The lowest BCUT2D eigenvalue weighted by Crippen LogP contribution is -2.06. The average molecular weight is 318 g/mol. The van der Waals surface area contributed by atoms with Crippen LogP contribution in [-0.2, 0) is 4.79 Å². The van der Waals surface area contributed by atoms with Gasteiger partial charge in [0.1, 0.15) is 10.9 Å². The third-order valence-electron chi connectivity index (χ3n) is 2.08. The SMILES string of the molecule is CC(C(=O)O)c1nc(-c2cc(Br)cs2)cs1. The van der Waals surface area contributed by atoms with Crippen LogP contribution < -0.4 is 0 Å². The van der Waals surface area contributed by atoms with E-state index in [-0.39, 0.29) is 0 Å². The van der Waals surface area contributed by atoms with Gasteiger partial charge in [-0.1, -0.05) is 0 Å². The number of halogens is 1. The van der Waals surface area contributed by atoms with Gasteiger partial charge >= 0.3 is 5.97 Å². The third kappa shape index (κ3) is 2.34. The van der Waals surface area contributed by atoms with Crippen LogP contribution in [0, 0.1) is 0 Å². The number of aromatic nitrogens is 1. The van der Waals surface area contributed by atoms with Crippen molar-refractivity contribution >= 4 is 44.6 Å². The topological polar surface area (TPSA) is 50.2 Å². The molecule has 0 amide bonds. The second-order valence-corrected chi connectivity index (χ2v) is 5.98. The van der Waals surface area contributed by atoms with Crippen molar-refractivity contribution in [3.8, 4) is 10.6 Å². The fourth-order valence-corrected chi connectivity index (χ4v) is 3.48. The molecule has 0 aliphatic carbocycles. The summed E-state index contributed by atoms with van der Waals surface area (Å²) in [4.78, 5) is 16.2. The molecule has 0 aromatic carbocycles. The molecule has 1 unspecified atom stereocenters. The lowest BCUT2D eigenvalue weighted by Gasteiger charge is -1.99. The van der Waals surface area contributed by atoms with E-state index >= 15 is 0 Å². The highest BCUT2D eigenvalue weighted by Crippen LogP contribution is 2.32. The molecule has 0 aliphatic heterocycles. The van der Waals surface area contributed by atoms with E-state index in [1.54, 1.807) is 18.3 Å². The van der Waals surface area contributed by atoms with Crippen LogP contribution in [0.25, 0.3) is 10.6 Å². The molecule has 0 saturated heterocycles. The zero-order valence-corrected chi connectivity index (χ0v) is 11.5. The highest BCUT2D eigenvalue weighted by molar-refractivity contribution is 9.10. The summed E-state index contributed by atoms with van der Waals surface area (Å²) in [5.74, 6) is -1.38. The fourth-order valence-electron chi connectivity index (χ4n) is 1.15. The number of hydrogen-bond donors (Lipinski definition) is 1. The monoisotopic (exact) mass is 317 g/mol. The molecule has 0 bridgehead atoms. The first-order chi connectivity index (χ1) is 7.58. The Bertz CT molecular complexity index is 520. The Morgan fingerprint density at radius 1 is 1.50 bits per heavy atom. The molecule has 0 saturated carbocycles. The summed E-state index contributed by atoms with van der Waals surface area (Å²) in [6, 6.07) is 1.98. The van der Waals surface area contributed by atoms with Crippen molar-refractivity contribution < 1.29 is 9.90 Å². The minimum Gasteiger partial charge on any atom is -0.481 e. The summed E-state index contributed by atoms with van der Waals surface area (Å²) < 4.78 is 1.02. The quantitative estimate of drug-likeness (QED) is 0.936. The summed E-state index contributed by atoms with van der Waals surface area (Å²) in [7, 11) is 0. The predicted octanol–water partition coefficient (Wildman–Crippen LogP) is 3.82. The highest BCUT2D eigenvalue weighted by Gasteiger charge is 2.18. The van der Waals surface area contributed by atoms with Crippen LogP contribution in [0.5, 0.6) is 0 Å².